The van der Waals surface area contributed by atoms with Crippen molar-refractivity contribution < 1.29 is 29.2 Å². The Morgan fingerprint density at radius 3 is 2.44 bits per heavy atom. The monoisotopic (exact) mass is 693 g/mol. The van der Waals surface area contributed by atoms with Crippen LogP contribution in [0.1, 0.15) is 112 Å². The molecule has 0 aromatic heterocycles. The number of ether oxygens (including phenoxy) is 4. The van der Waals surface area contributed by atoms with Crippen molar-refractivity contribution in [3.8, 4) is 0 Å². The fourth-order valence-corrected chi connectivity index (χ4v) is 14.6. The van der Waals surface area contributed by atoms with Crippen molar-refractivity contribution in [2.75, 3.05) is 26.3 Å². The molecule has 7 nitrogen and oxygen atoms in total. The summed E-state index contributed by atoms with van der Waals surface area (Å²) >= 11 is 0. The maximum absolute atomic E-state index is 12.6. The van der Waals surface area contributed by atoms with Crippen molar-refractivity contribution >= 4 is 0 Å². The minimum Gasteiger partial charge on any atom is -0.390 e. The van der Waals surface area contributed by atoms with E-state index in [1.54, 1.807) is 0 Å². The summed E-state index contributed by atoms with van der Waals surface area (Å²) in [5.74, 6) is 1.82. The van der Waals surface area contributed by atoms with Gasteiger partial charge in [0.2, 0.25) is 0 Å². The van der Waals surface area contributed by atoms with Crippen LogP contribution in [0.4, 0.5) is 0 Å². The van der Waals surface area contributed by atoms with Gasteiger partial charge in [0.15, 0.2) is 6.29 Å². The lowest BCUT2D eigenvalue weighted by atomic mass is 9.41. The van der Waals surface area contributed by atoms with Crippen LogP contribution in [-0.4, -0.2) is 83.8 Å². The summed E-state index contributed by atoms with van der Waals surface area (Å²) in [6, 6.07) is 10.8. The molecule has 14 unspecified atom stereocenters. The quantitative estimate of drug-likeness (QED) is 0.298. The van der Waals surface area contributed by atoms with Crippen LogP contribution >= 0.6 is 0 Å². The number of rotatable bonds is 8. The number of nitrogens with zero attached hydrogens (tertiary/aromatic N) is 1. The molecule has 1 aromatic rings. The Morgan fingerprint density at radius 1 is 1.00 bits per heavy atom. The average Bonchev–Trinajstić information content (AvgIpc) is 3.70. The van der Waals surface area contributed by atoms with E-state index in [1.165, 1.54) is 44.1 Å². The highest BCUT2D eigenvalue weighted by Gasteiger charge is 2.84. The van der Waals surface area contributed by atoms with Crippen LogP contribution in [0, 0.1) is 50.7 Å². The zero-order valence-corrected chi connectivity index (χ0v) is 32.3. The molecule has 2 heterocycles. The Bertz CT molecular complexity index is 1400. The Kier molecular flexibility index (Phi) is 8.79. The summed E-state index contributed by atoms with van der Waals surface area (Å²) in [6.07, 6.45) is 7.98. The van der Waals surface area contributed by atoms with Crippen molar-refractivity contribution in [2.45, 2.75) is 156 Å². The third-order valence-electron chi connectivity index (χ3n) is 16.8. The molecule has 2 aliphatic heterocycles. The van der Waals surface area contributed by atoms with Crippen LogP contribution in [0.25, 0.3) is 0 Å². The predicted molar refractivity (Wildman–Crippen MR) is 194 cm³/mol. The number of hydrogen-bond donors (Lipinski definition) is 2. The predicted octanol–water partition coefficient (Wildman–Crippen LogP) is 7.22. The normalized spacial score (nSPS) is 48.8. The Balaban J connectivity index is 1.00. The third kappa shape index (κ3) is 5.06. The van der Waals surface area contributed by atoms with Gasteiger partial charge in [-0.3, -0.25) is 4.90 Å². The topological polar surface area (TPSA) is 80.6 Å². The largest absolute Gasteiger partial charge is 0.390 e. The number of aliphatic hydroxyl groups excluding tert-OH is 1. The Hall–Kier alpha value is -1.06. The number of fused-ring (bicyclic) bond motifs is 4. The van der Waals surface area contributed by atoms with E-state index < -0.39 is 17.8 Å². The van der Waals surface area contributed by atoms with Gasteiger partial charge in [-0.15, -0.1) is 0 Å². The van der Waals surface area contributed by atoms with Crippen LogP contribution in [-0.2, 0) is 25.5 Å². The van der Waals surface area contributed by atoms with Crippen LogP contribution in [0.2, 0.25) is 0 Å². The van der Waals surface area contributed by atoms with Crippen LogP contribution in [0.5, 0.6) is 0 Å². The summed E-state index contributed by atoms with van der Waals surface area (Å²) in [5.41, 5.74) is 0.862. The zero-order valence-electron chi connectivity index (χ0n) is 32.3. The highest BCUT2D eigenvalue weighted by Crippen LogP contribution is 2.89. The molecule has 0 amide bonds. The highest BCUT2D eigenvalue weighted by molar-refractivity contribution is 5.33. The molecule has 280 valence electrons. The van der Waals surface area contributed by atoms with E-state index in [4.69, 9.17) is 18.9 Å². The molecule has 2 N–H and O–H groups in total. The van der Waals surface area contributed by atoms with E-state index in [9.17, 15) is 10.2 Å². The van der Waals surface area contributed by atoms with Crippen LogP contribution < -0.4 is 0 Å². The standard InChI is InChI=1S/C43H67NO6/c1-9-47-37(39(5,6)46)29-23-27(2)34-35(49-29)36(45)41(8)31-16-15-30-38(3,4)32(17-18-42(30)26-43(31,42)20-19-40(34,41)7)50-33-25-44(21-22-48-33)24-28-13-11-10-12-14-28/h10-14,27,29-37,45-46H,9,15-26H2,1-8H3. The van der Waals surface area contributed by atoms with E-state index in [0.29, 0.717) is 41.1 Å². The van der Waals surface area contributed by atoms with Crippen molar-refractivity contribution in [2.24, 2.45) is 50.7 Å². The molecule has 2 saturated heterocycles. The molecule has 1 aromatic carbocycles. The lowest BCUT2D eigenvalue weighted by Crippen LogP contribution is -2.60. The first-order chi connectivity index (χ1) is 23.6. The van der Waals surface area contributed by atoms with Gasteiger partial charge in [-0.05, 0) is 123 Å². The summed E-state index contributed by atoms with van der Waals surface area (Å²) in [4.78, 5) is 2.49. The van der Waals surface area contributed by atoms with Gasteiger partial charge in [-0.25, -0.2) is 0 Å². The lowest BCUT2D eigenvalue weighted by molar-refractivity contribution is -0.249. The minimum atomic E-state index is -1.01. The maximum atomic E-state index is 12.6. The van der Waals surface area contributed by atoms with Gasteiger partial charge in [-0.1, -0.05) is 65.0 Å². The SMILES string of the molecule is CCOC(C1CC(C)C2C(O1)C(O)C1(C)C3CCC4C(C)(C)C(OC5CN(Cc6ccccc6)CCO5)CCC45CC35CCC21C)C(C)(C)O. The van der Waals surface area contributed by atoms with Gasteiger partial charge < -0.3 is 29.2 Å². The van der Waals surface area contributed by atoms with Gasteiger partial charge in [0.1, 0.15) is 6.10 Å². The molecule has 14 atom stereocenters. The van der Waals surface area contributed by atoms with E-state index in [2.05, 4.69) is 69.9 Å². The van der Waals surface area contributed by atoms with Gasteiger partial charge in [-0.2, -0.15) is 0 Å². The molecule has 50 heavy (non-hydrogen) atoms. The first kappa shape index (κ1) is 35.9. The molecule has 0 radical (unpaired) electrons. The highest BCUT2D eigenvalue weighted by atomic mass is 16.7. The molecule has 2 spiro atoms. The fourth-order valence-electron chi connectivity index (χ4n) is 14.6. The molecule has 5 saturated carbocycles. The van der Waals surface area contributed by atoms with Gasteiger partial charge in [0.05, 0.1) is 36.6 Å². The van der Waals surface area contributed by atoms with Gasteiger partial charge >= 0.3 is 0 Å². The van der Waals surface area contributed by atoms with Crippen molar-refractivity contribution in [3.63, 3.8) is 0 Å². The molecule has 7 aliphatic rings. The maximum Gasteiger partial charge on any atom is 0.170 e. The zero-order chi connectivity index (χ0) is 35.5. The molecule has 7 fully saturated rings. The number of hydrogen-bond acceptors (Lipinski definition) is 7. The first-order valence-corrected chi connectivity index (χ1v) is 20.3. The number of benzene rings is 1. The number of aliphatic hydroxyl groups is 2. The van der Waals surface area contributed by atoms with Gasteiger partial charge in [0.25, 0.3) is 0 Å². The fraction of sp³-hybridized carbons (Fsp3) is 0.860. The molecular weight excluding hydrogens is 626 g/mol. The van der Waals surface area contributed by atoms with Gasteiger partial charge in [0, 0.05) is 31.7 Å². The first-order valence-electron chi connectivity index (χ1n) is 20.3. The van der Waals surface area contributed by atoms with Crippen molar-refractivity contribution in [1.82, 2.24) is 4.90 Å². The number of morpholine rings is 1. The van der Waals surface area contributed by atoms with Crippen molar-refractivity contribution in [1.29, 1.82) is 0 Å². The Labute approximate surface area is 302 Å². The summed E-state index contributed by atoms with van der Waals surface area (Å²) < 4.78 is 26.4. The molecule has 8 rings (SSSR count). The lowest BCUT2D eigenvalue weighted by Gasteiger charge is -2.64. The smallest absolute Gasteiger partial charge is 0.170 e. The van der Waals surface area contributed by atoms with E-state index in [0.717, 1.165) is 39.1 Å². The van der Waals surface area contributed by atoms with E-state index in [1.807, 2.05) is 20.8 Å². The molecule has 5 aliphatic carbocycles. The van der Waals surface area contributed by atoms with Crippen molar-refractivity contribution in [3.05, 3.63) is 35.9 Å². The van der Waals surface area contributed by atoms with E-state index >= 15 is 0 Å². The van der Waals surface area contributed by atoms with E-state index in [-0.39, 0.29) is 40.8 Å². The minimum absolute atomic E-state index is 0.0175. The third-order valence-corrected chi connectivity index (χ3v) is 16.8. The van der Waals surface area contributed by atoms with Crippen LogP contribution in [0.15, 0.2) is 30.3 Å². The Morgan fingerprint density at radius 2 is 1.72 bits per heavy atom. The average molecular weight is 694 g/mol. The molecular formula is C43H67NO6. The summed E-state index contributed by atoms with van der Waals surface area (Å²) in [6.45, 7) is 22.0. The summed E-state index contributed by atoms with van der Waals surface area (Å²) in [7, 11) is 0. The molecule has 0 bridgehead atoms. The molecule has 7 heteroatoms. The second kappa shape index (κ2) is 12.2. The second-order valence-electron chi connectivity index (χ2n) is 19.7. The summed E-state index contributed by atoms with van der Waals surface area (Å²) in [5, 5.41) is 23.7. The van der Waals surface area contributed by atoms with Crippen LogP contribution in [0.3, 0.4) is 0 Å². The second-order valence-corrected chi connectivity index (χ2v) is 19.7.